The number of nitrogens with one attached hydrogen (secondary N) is 1. The van der Waals surface area contributed by atoms with Crippen LogP contribution >= 0.6 is 23.1 Å². The molecule has 2 N–H and O–H groups in total. The first kappa shape index (κ1) is 18.2. The third kappa shape index (κ3) is 3.81. The summed E-state index contributed by atoms with van der Waals surface area (Å²) in [5.41, 5.74) is 1.87. The molecule has 9 heteroatoms. The maximum Gasteiger partial charge on any atom is 0.206 e. The molecule has 0 fully saturated rings. The molecular weight excluding hydrogens is 368 g/mol. The fourth-order valence-electron chi connectivity index (χ4n) is 2.39. The van der Waals surface area contributed by atoms with Gasteiger partial charge in [-0.3, -0.25) is 0 Å². The first-order valence-electron chi connectivity index (χ1n) is 8.08. The average Bonchev–Trinajstić information content (AvgIpc) is 3.24. The van der Waals surface area contributed by atoms with Crippen molar-refractivity contribution in [2.24, 2.45) is 7.05 Å². The van der Waals surface area contributed by atoms with Crippen LogP contribution in [0.2, 0.25) is 0 Å². The molecule has 7 nitrogen and oxygen atoms in total. The Bertz CT molecular complexity index is 985. The predicted molar refractivity (Wildman–Crippen MR) is 105 cm³/mol. The van der Waals surface area contributed by atoms with Gasteiger partial charge in [-0.05, 0) is 18.6 Å². The molecule has 0 amide bonds. The highest BCUT2D eigenvalue weighted by Crippen LogP contribution is 2.29. The lowest BCUT2D eigenvalue weighted by Gasteiger charge is -2.04. The number of aromatic nitrogens is 4. The van der Waals surface area contributed by atoms with Crippen molar-refractivity contribution in [2.45, 2.75) is 17.7 Å². The van der Waals surface area contributed by atoms with Crippen molar-refractivity contribution in [1.29, 1.82) is 5.26 Å². The van der Waals surface area contributed by atoms with Crippen molar-refractivity contribution in [3.63, 3.8) is 0 Å². The fourth-order valence-corrected chi connectivity index (χ4v) is 4.04. The van der Waals surface area contributed by atoms with Gasteiger partial charge in [0.15, 0.2) is 10.2 Å². The highest BCUT2D eigenvalue weighted by molar-refractivity contribution is 8.01. The summed E-state index contributed by atoms with van der Waals surface area (Å²) in [5, 5.41) is 32.0. The fraction of sp³-hybridized carbons (Fsp3) is 0.294. The quantitative estimate of drug-likeness (QED) is 0.361. The van der Waals surface area contributed by atoms with Crippen LogP contribution in [-0.2, 0) is 7.05 Å². The number of para-hydroxylation sites is 2. The van der Waals surface area contributed by atoms with Crippen LogP contribution in [0.4, 0.5) is 5.13 Å². The van der Waals surface area contributed by atoms with Gasteiger partial charge in [0.05, 0.1) is 16.8 Å². The number of imidazole rings is 1. The van der Waals surface area contributed by atoms with Crippen LogP contribution in [0.5, 0.6) is 0 Å². The van der Waals surface area contributed by atoms with Gasteiger partial charge in [0.1, 0.15) is 17.4 Å². The molecule has 26 heavy (non-hydrogen) atoms. The molecule has 0 saturated heterocycles. The van der Waals surface area contributed by atoms with E-state index >= 15 is 0 Å². The largest absolute Gasteiger partial charge is 0.510 e. The summed E-state index contributed by atoms with van der Waals surface area (Å²) in [7, 11) is 1.83. The van der Waals surface area contributed by atoms with Crippen molar-refractivity contribution in [3.05, 3.63) is 35.8 Å². The maximum absolute atomic E-state index is 10.4. The second-order valence-corrected chi connectivity index (χ2v) is 7.71. The number of nitriles is 1. The number of aliphatic hydroxyl groups is 1. The zero-order chi connectivity index (χ0) is 18.5. The second kappa shape index (κ2) is 8.21. The Balaban J connectivity index is 1.79. The minimum absolute atomic E-state index is 0.0193. The Morgan fingerprint density at radius 2 is 2.19 bits per heavy atom. The number of rotatable bonds is 7. The SMILES string of the molecule is CCCNc1nnc(SC/C(O)=C(\C#N)c2nc3ccccc3n2C)s1. The van der Waals surface area contributed by atoms with Gasteiger partial charge in [-0.2, -0.15) is 5.26 Å². The molecule has 3 aromatic rings. The van der Waals surface area contributed by atoms with E-state index in [2.05, 4.69) is 33.5 Å². The molecular formula is C17H18N6OS2. The van der Waals surface area contributed by atoms with E-state index in [1.807, 2.05) is 35.9 Å². The highest BCUT2D eigenvalue weighted by atomic mass is 32.2. The van der Waals surface area contributed by atoms with Gasteiger partial charge in [-0.1, -0.05) is 42.2 Å². The third-order valence-corrected chi connectivity index (χ3v) is 5.70. The monoisotopic (exact) mass is 386 g/mol. The van der Waals surface area contributed by atoms with E-state index in [-0.39, 0.29) is 17.1 Å². The smallest absolute Gasteiger partial charge is 0.206 e. The Kier molecular flexibility index (Phi) is 5.75. The molecule has 0 unspecified atom stereocenters. The van der Waals surface area contributed by atoms with E-state index in [1.165, 1.54) is 23.1 Å². The molecule has 0 atom stereocenters. The normalized spacial score (nSPS) is 12.0. The van der Waals surface area contributed by atoms with Crippen LogP contribution in [0.15, 0.2) is 34.4 Å². The number of nitrogens with zero attached hydrogens (tertiary/aromatic N) is 5. The van der Waals surface area contributed by atoms with Crippen LogP contribution in [0.3, 0.4) is 0 Å². The Morgan fingerprint density at radius 3 is 2.92 bits per heavy atom. The molecule has 0 aliphatic heterocycles. The summed E-state index contributed by atoms with van der Waals surface area (Å²) in [6.45, 7) is 2.92. The van der Waals surface area contributed by atoms with Gasteiger partial charge in [0.25, 0.3) is 0 Å². The summed E-state index contributed by atoms with van der Waals surface area (Å²) in [6, 6.07) is 9.70. The molecule has 0 aliphatic rings. The van der Waals surface area contributed by atoms with Crippen molar-refractivity contribution < 1.29 is 5.11 Å². The lowest BCUT2D eigenvalue weighted by molar-refractivity contribution is 0.420. The van der Waals surface area contributed by atoms with E-state index in [9.17, 15) is 10.4 Å². The number of allylic oxidation sites excluding steroid dienone is 1. The number of aliphatic hydroxyl groups excluding tert-OH is 1. The molecule has 1 aromatic carbocycles. The second-order valence-electron chi connectivity index (χ2n) is 5.51. The minimum Gasteiger partial charge on any atom is -0.510 e. The van der Waals surface area contributed by atoms with Gasteiger partial charge in [0.2, 0.25) is 5.13 Å². The number of anilines is 1. The molecule has 134 valence electrons. The summed E-state index contributed by atoms with van der Waals surface area (Å²) in [5.74, 6) is 0.664. The molecule has 3 rings (SSSR count). The van der Waals surface area contributed by atoms with Crippen LogP contribution < -0.4 is 5.32 Å². The molecule has 2 heterocycles. The number of aryl methyl sites for hydroxylation is 1. The number of fused-ring (bicyclic) bond motifs is 1. The topological polar surface area (TPSA) is 99.7 Å². The van der Waals surface area contributed by atoms with Crippen molar-refractivity contribution in [3.8, 4) is 6.07 Å². The van der Waals surface area contributed by atoms with E-state index in [0.29, 0.717) is 5.82 Å². The van der Waals surface area contributed by atoms with Gasteiger partial charge >= 0.3 is 0 Å². The maximum atomic E-state index is 10.4. The van der Waals surface area contributed by atoms with E-state index in [0.717, 1.165) is 33.5 Å². The molecule has 0 saturated carbocycles. The number of hydrogen-bond acceptors (Lipinski definition) is 8. The van der Waals surface area contributed by atoms with E-state index < -0.39 is 0 Å². The standard InChI is InChI=1S/C17H18N6OS2/c1-3-8-19-16-21-22-17(26-16)25-10-14(24)11(9-18)15-20-12-6-4-5-7-13(12)23(15)2/h4-7,24H,3,8,10H2,1-2H3,(H,19,21)/b14-11-. The van der Waals surface area contributed by atoms with Gasteiger partial charge in [-0.25, -0.2) is 4.98 Å². The van der Waals surface area contributed by atoms with Crippen LogP contribution in [0, 0.1) is 11.3 Å². The molecule has 0 aliphatic carbocycles. The van der Waals surface area contributed by atoms with Gasteiger partial charge in [-0.15, -0.1) is 10.2 Å². The number of benzene rings is 1. The van der Waals surface area contributed by atoms with Crippen molar-refractivity contribution in [2.75, 3.05) is 17.6 Å². The molecule has 2 aromatic heterocycles. The summed E-state index contributed by atoms with van der Waals surface area (Å²) in [4.78, 5) is 4.48. The van der Waals surface area contributed by atoms with E-state index in [1.54, 1.807) is 0 Å². The van der Waals surface area contributed by atoms with E-state index in [4.69, 9.17) is 0 Å². The molecule has 0 bridgehead atoms. The Hall–Kier alpha value is -2.57. The first-order chi connectivity index (χ1) is 12.6. The van der Waals surface area contributed by atoms with Gasteiger partial charge < -0.3 is 15.0 Å². The summed E-state index contributed by atoms with van der Waals surface area (Å²) < 4.78 is 2.55. The Labute approximate surface area is 159 Å². The summed E-state index contributed by atoms with van der Waals surface area (Å²) in [6.07, 6.45) is 1.01. The minimum atomic E-state index is -0.0193. The number of thioether (sulfide) groups is 1. The number of hydrogen-bond donors (Lipinski definition) is 2. The van der Waals surface area contributed by atoms with Gasteiger partial charge in [0, 0.05) is 13.6 Å². The van der Waals surface area contributed by atoms with Crippen LogP contribution in [-0.4, -0.2) is 37.2 Å². The third-order valence-electron chi connectivity index (χ3n) is 3.68. The highest BCUT2D eigenvalue weighted by Gasteiger charge is 2.17. The van der Waals surface area contributed by atoms with Crippen molar-refractivity contribution >= 4 is 44.8 Å². The average molecular weight is 387 g/mol. The summed E-state index contributed by atoms with van der Waals surface area (Å²) >= 11 is 2.77. The van der Waals surface area contributed by atoms with Crippen LogP contribution in [0.25, 0.3) is 16.6 Å². The van der Waals surface area contributed by atoms with Crippen molar-refractivity contribution in [1.82, 2.24) is 19.7 Å². The predicted octanol–water partition coefficient (Wildman–Crippen LogP) is 3.83. The zero-order valence-corrected chi connectivity index (χ0v) is 16.1. The lowest BCUT2D eigenvalue weighted by atomic mass is 10.2. The molecule has 0 radical (unpaired) electrons. The zero-order valence-electron chi connectivity index (χ0n) is 14.4. The Morgan fingerprint density at radius 1 is 1.38 bits per heavy atom. The first-order valence-corrected chi connectivity index (χ1v) is 9.88. The van der Waals surface area contributed by atoms with Crippen LogP contribution in [0.1, 0.15) is 19.2 Å². The lowest BCUT2D eigenvalue weighted by Crippen LogP contribution is -2.00. The molecule has 0 spiro atoms.